The maximum absolute atomic E-state index is 12.9. The van der Waals surface area contributed by atoms with Gasteiger partial charge in [-0.2, -0.15) is 0 Å². The maximum atomic E-state index is 12.9. The summed E-state index contributed by atoms with van der Waals surface area (Å²) in [6, 6.07) is 5.90. The fourth-order valence-electron chi connectivity index (χ4n) is 3.05. The van der Waals surface area contributed by atoms with E-state index in [4.69, 9.17) is 14.0 Å². The average Bonchev–Trinajstić information content (AvgIpc) is 2.99. The molecule has 0 bridgehead atoms. The molecule has 0 aliphatic heterocycles. The molecule has 154 valence electrons. The van der Waals surface area contributed by atoms with Crippen LogP contribution in [0.25, 0.3) is 0 Å². The van der Waals surface area contributed by atoms with Gasteiger partial charge in [0.05, 0.1) is 25.3 Å². The summed E-state index contributed by atoms with van der Waals surface area (Å²) in [5, 5.41) is 3.95. The van der Waals surface area contributed by atoms with Crippen LogP contribution < -0.4 is 9.47 Å². The van der Waals surface area contributed by atoms with E-state index in [1.54, 1.807) is 0 Å². The Morgan fingerprint density at radius 1 is 1.11 bits per heavy atom. The Hall–Kier alpha value is -2.50. The number of carbonyl (C=O) groups is 1. The monoisotopic (exact) mass is 388 g/mol. The van der Waals surface area contributed by atoms with Crippen LogP contribution in [0.5, 0.6) is 11.5 Å². The number of aromatic nitrogens is 1. The summed E-state index contributed by atoms with van der Waals surface area (Å²) < 4.78 is 16.7. The van der Waals surface area contributed by atoms with E-state index in [0.717, 1.165) is 41.2 Å². The Labute approximate surface area is 167 Å². The molecular formula is C22H32N2O4. The molecule has 0 saturated carbocycles. The molecular weight excluding hydrogens is 356 g/mol. The topological polar surface area (TPSA) is 64.8 Å². The maximum Gasteiger partial charge on any atom is 0.227 e. The highest BCUT2D eigenvalue weighted by Gasteiger charge is 2.19. The summed E-state index contributed by atoms with van der Waals surface area (Å²) in [7, 11) is 0. The Kier molecular flexibility index (Phi) is 8.36. The van der Waals surface area contributed by atoms with Gasteiger partial charge in [0, 0.05) is 18.7 Å². The molecule has 0 aliphatic rings. The van der Waals surface area contributed by atoms with E-state index in [9.17, 15) is 4.79 Å². The molecule has 0 N–H and O–H groups in total. The van der Waals surface area contributed by atoms with Gasteiger partial charge in [-0.25, -0.2) is 0 Å². The second kappa shape index (κ2) is 10.7. The molecule has 1 amide bonds. The first-order chi connectivity index (χ1) is 13.5. The highest BCUT2D eigenvalue weighted by atomic mass is 16.5. The van der Waals surface area contributed by atoms with Crippen molar-refractivity contribution in [2.45, 2.75) is 60.4 Å². The smallest absolute Gasteiger partial charge is 0.227 e. The van der Waals surface area contributed by atoms with Gasteiger partial charge in [-0.1, -0.05) is 25.1 Å². The van der Waals surface area contributed by atoms with Crippen molar-refractivity contribution in [1.82, 2.24) is 10.1 Å². The van der Waals surface area contributed by atoms with Crippen molar-refractivity contribution in [3.8, 4) is 11.5 Å². The van der Waals surface area contributed by atoms with Crippen LogP contribution in [0.1, 0.15) is 56.2 Å². The van der Waals surface area contributed by atoms with Gasteiger partial charge in [-0.3, -0.25) is 4.79 Å². The minimum absolute atomic E-state index is 0.0699. The van der Waals surface area contributed by atoms with Crippen LogP contribution in [0.15, 0.2) is 22.7 Å². The molecule has 6 nitrogen and oxygen atoms in total. The second-order valence-corrected chi connectivity index (χ2v) is 6.86. The average molecular weight is 389 g/mol. The minimum Gasteiger partial charge on any atom is -0.490 e. The standard InChI is InChI=1S/C22H32N2O4/c1-6-11-24(22(25)14-19-16(4)23-28-17(19)5)15-18-9-10-20(27-12-7-2)21(13-18)26-8-3/h9-10,13H,6-8,11-12,14-15H2,1-5H3. The zero-order chi connectivity index (χ0) is 20.5. The normalized spacial score (nSPS) is 10.8. The molecule has 1 aromatic carbocycles. The predicted octanol–water partition coefficient (Wildman–Crippen LogP) is 4.46. The third-order valence-corrected chi connectivity index (χ3v) is 4.50. The van der Waals surface area contributed by atoms with Crippen molar-refractivity contribution in [2.24, 2.45) is 0 Å². The minimum atomic E-state index is 0.0699. The highest BCUT2D eigenvalue weighted by Crippen LogP contribution is 2.29. The van der Waals surface area contributed by atoms with Gasteiger partial charge in [0.2, 0.25) is 5.91 Å². The van der Waals surface area contributed by atoms with E-state index in [2.05, 4.69) is 19.0 Å². The number of aryl methyl sites for hydroxylation is 2. The van der Waals surface area contributed by atoms with Crippen LogP contribution in [-0.2, 0) is 17.8 Å². The first-order valence-corrected chi connectivity index (χ1v) is 10.1. The summed E-state index contributed by atoms with van der Waals surface area (Å²) in [6.07, 6.45) is 2.13. The zero-order valence-electron chi connectivity index (χ0n) is 17.7. The molecule has 1 heterocycles. The molecule has 0 spiro atoms. The second-order valence-electron chi connectivity index (χ2n) is 6.86. The first-order valence-electron chi connectivity index (χ1n) is 10.1. The van der Waals surface area contributed by atoms with Crippen LogP contribution in [0.2, 0.25) is 0 Å². The predicted molar refractivity (Wildman–Crippen MR) is 109 cm³/mol. The lowest BCUT2D eigenvalue weighted by molar-refractivity contribution is -0.131. The number of nitrogens with zero attached hydrogens (tertiary/aromatic N) is 2. The largest absolute Gasteiger partial charge is 0.490 e. The van der Waals surface area contributed by atoms with Gasteiger partial charge in [-0.15, -0.1) is 0 Å². The molecule has 0 atom stereocenters. The fourth-order valence-corrected chi connectivity index (χ4v) is 3.05. The Morgan fingerprint density at radius 3 is 2.50 bits per heavy atom. The fraction of sp³-hybridized carbons (Fsp3) is 0.545. The highest BCUT2D eigenvalue weighted by molar-refractivity contribution is 5.79. The Bertz CT molecular complexity index is 750. The SMILES string of the molecule is CCCOc1ccc(CN(CCC)C(=O)Cc2c(C)noc2C)cc1OCC. The van der Waals surface area contributed by atoms with Gasteiger partial charge in [0.1, 0.15) is 5.76 Å². The van der Waals surface area contributed by atoms with Crippen molar-refractivity contribution in [2.75, 3.05) is 19.8 Å². The number of hydrogen-bond acceptors (Lipinski definition) is 5. The number of carbonyl (C=O) groups excluding carboxylic acids is 1. The number of amides is 1. The van der Waals surface area contributed by atoms with Crippen LogP contribution in [0, 0.1) is 13.8 Å². The van der Waals surface area contributed by atoms with Crippen molar-refractivity contribution in [1.29, 1.82) is 0 Å². The van der Waals surface area contributed by atoms with E-state index < -0.39 is 0 Å². The Balaban J connectivity index is 2.16. The van der Waals surface area contributed by atoms with Crippen LogP contribution in [0.3, 0.4) is 0 Å². The summed E-state index contributed by atoms with van der Waals surface area (Å²) in [6.45, 7) is 12.2. The molecule has 0 fully saturated rings. The Morgan fingerprint density at radius 2 is 1.89 bits per heavy atom. The molecule has 0 aliphatic carbocycles. The lowest BCUT2D eigenvalue weighted by Gasteiger charge is -2.23. The number of benzene rings is 1. The van der Waals surface area contributed by atoms with Gasteiger partial charge in [0.25, 0.3) is 0 Å². The van der Waals surface area contributed by atoms with Crippen molar-refractivity contribution in [3.63, 3.8) is 0 Å². The van der Waals surface area contributed by atoms with Crippen LogP contribution >= 0.6 is 0 Å². The lowest BCUT2D eigenvalue weighted by Crippen LogP contribution is -2.32. The van der Waals surface area contributed by atoms with Crippen LogP contribution in [-0.4, -0.2) is 35.7 Å². The van der Waals surface area contributed by atoms with E-state index >= 15 is 0 Å². The van der Waals surface area contributed by atoms with E-state index in [1.807, 2.05) is 43.9 Å². The summed E-state index contributed by atoms with van der Waals surface area (Å²) in [5.41, 5.74) is 2.68. The number of rotatable bonds is 11. The molecule has 6 heteroatoms. The van der Waals surface area contributed by atoms with Gasteiger partial charge >= 0.3 is 0 Å². The summed E-state index contributed by atoms with van der Waals surface area (Å²) in [5.74, 6) is 2.25. The molecule has 2 aromatic rings. The van der Waals surface area contributed by atoms with E-state index in [-0.39, 0.29) is 5.91 Å². The van der Waals surface area contributed by atoms with Crippen molar-refractivity contribution in [3.05, 3.63) is 40.8 Å². The summed E-state index contributed by atoms with van der Waals surface area (Å²) >= 11 is 0. The van der Waals surface area contributed by atoms with Crippen molar-refractivity contribution < 1.29 is 18.8 Å². The zero-order valence-corrected chi connectivity index (χ0v) is 17.7. The molecule has 0 saturated heterocycles. The third-order valence-electron chi connectivity index (χ3n) is 4.50. The van der Waals surface area contributed by atoms with Crippen molar-refractivity contribution >= 4 is 5.91 Å². The molecule has 2 rings (SSSR count). The van der Waals surface area contributed by atoms with Gasteiger partial charge < -0.3 is 18.9 Å². The molecule has 0 radical (unpaired) electrons. The van der Waals surface area contributed by atoms with E-state index in [0.29, 0.717) is 38.5 Å². The molecule has 28 heavy (non-hydrogen) atoms. The first kappa shape index (κ1) is 21.8. The molecule has 0 unspecified atom stereocenters. The summed E-state index contributed by atoms with van der Waals surface area (Å²) in [4.78, 5) is 14.8. The van der Waals surface area contributed by atoms with Gasteiger partial charge in [-0.05, 0) is 51.3 Å². The quantitative estimate of drug-likeness (QED) is 0.569. The van der Waals surface area contributed by atoms with Crippen LogP contribution in [0.4, 0.5) is 0 Å². The number of hydrogen-bond donors (Lipinski definition) is 0. The van der Waals surface area contributed by atoms with E-state index in [1.165, 1.54) is 0 Å². The van der Waals surface area contributed by atoms with Gasteiger partial charge in [0.15, 0.2) is 11.5 Å². The number of ether oxygens (including phenoxy) is 2. The third kappa shape index (κ3) is 5.75. The molecule has 1 aromatic heterocycles. The lowest BCUT2D eigenvalue weighted by atomic mass is 10.1.